The van der Waals surface area contributed by atoms with Gasteiger partial charge in [0.25, 0.3) is 0 Å². The maximum Gasteiger partial charge on any atom is 0.246 e. The van der Waals surface area contributed by atoms with E-state index in [1.807, 2.05) is 50.4 Å². The van der Waals surface area contributed by atoms with Crippen molar-refractivity contribution < 1.29 is 9.47 Å². The molecule has 1 aromatic carbocycles. The summed E-state index contributed by atoms with van der Waals surface area (Å²) in [5.41, 5.74) is 2.16. The van der Waals surface area contributed by atoms with E-state index in [1.165, 1.54) is 0 Å². The van der Waals surface area contributed by atoms with Crippen LogP contribution in [-0.2, 0) is 6.54 Å². The van der Waals surface area contributed by atoms with Gasteiger partial charge in [0.1, 0.15) is 0 Å². The van der Waals surface area contributed by atoms with Gasteiger partial charge in [0, 0.05) is 37.5 Å². The zero-order valence-corrected chi connectivity index (χ0v) is 10.5. The predicted octanol–water partition coefficient (Wildman–Crippen LogP) is 3.13. The third-order valence-corrected chi connectivity index (χ3v) is 2.80. The van der Waals surface area contributed by atoms with Crippen LogP contribution in [0.2, 0.25) is 0 Å². The van der Waals surface area contributed by atoms with E-state index in [-0.39, 0.29) is 0 Å². The fraction of sp³-hybridized carbons (Fsp3) is 0.286. The van der Waals surface area contributed by atoms with Crippen LogP contribution in [0, 0.1) is 0 Å². The van der Waals surface area contributed by atoms with E-state index in [9.17, 15) is 0 Å². The van der Waals surface area contributed by atoms with Crippen molar-refractivity contribution in [2.75, 3.05) is 5.32 Å². The minimum atomic E-state index is -0.569. The van der Waals surface area contributed by atoms with Crippen LogP contribution in [0.25, 0.3) is 0 Å². The predicted molar refractivity (Wildman–Crippen MR) is 69.9 cm³/mol. The van der Waals surface area contributed by atoms with E-state index in [4.69, 9.17) is 9.47 Å². The van der Waals surface area contributed by atoms with Crippen molar-refractivity contribution in [3.8, 4) is 11.5 Å². The van der Waals surface area contributed by atoms with E-state index in [0.29, 0.717) is 0 Å². The molecule has 1 aliphatic heterocycles. The lowest BCUT2D eigenvalue weighted by molar-refractivity contribution is -0.0431. The Morgan fingerprint density at radius 2 is 2.00 bits per heavy atom. The quantitative estimate of drug-likeness (QED) is 0.872. The van der Waals surface area contributed by atoms with Gasteiger partial charge >= 0.3 is 0 Å². The topological polar surface area (TPSA) is 46.3 Å². The molecular weight excluding hydrogens is 228 g/mol. The number of aromatic nitrogens is 1. The van der Waals surface area contributed by atoms with Gasteiger partial charge in [-0.15, -0.1) is 0 Å². The summed E-state index contributed by atoms with van der Waals surface area (Å²) in [5.74, 6) is 1.02. The molecule has 1 aliphatic rings. The zero-order chi connectivity index (χ0) is 12.6. The molecule has 0 unspecified atom stereocenters. The third-order valence-electron chi connectivity index (χ3n) is 2.80. The van der Waals surface area contributed by atoms with Gasteiger partial charge in [-0.2, -0.15) is 0 Å². The lowest BCUT2D eigenvalue weighted by Crippen LogP contribution is -2.29. The first kappa shape index (κ1) is 11.0. The van der Waals surface area contributed by atoms with E-state index in [0.717, 1.165) is 29.4 Å². The summed E-state index contributed by atoms with van der Waals surface area (Å²) >= 11 is 0. The number of anilines is 1. The normalized spacial score (nSPS) is 15.7. The van der Waals surface area contributed by atoms with Gasteiger partial charge in [-0.25, -0.2) is 0 Å². The molecule has 0 radical (unpaired) electrons. The molecule has 0 saturated heterocycles. The van der Waals surface area contributed by atoms with Crippen LogP contribution in [0.15, 0.2) is 36.5 Å². The standard InChI is InChI=1S/C14H16N2O2/c1-14(2)17-12-6-5-10(8-13(12)18-14)16-9-11-4-3-7-15-11/h3-8,15-16H,9H2,1-2H3. The molecule has 0 aliphatic carbocycles. The van der Waals surface area contributed by atoms with Crippen molar-refractivity contribution >= 4 is 5.69 Å². The van der Waals surface area contributed by atoms with Crippen LogP contribution in [0.5, 0.6) is 11.5 Å². The first-order valence-corrected chi connectivity index (χ1v) is 6.01. The SMILES string of the molecule is CC1(C)Oc2ccc(NCc3ccc[nH]3)cc2O1. The second kappa shape index (κ2) is 3.98. The summed E-state index contributed by atoms with van der Waals surface area (Å²) in [4.78, 5) is 3.15. The molecule has 0 amide bonds. The molecule has 2 aromatic rings. The first-order valence-electron chi connectivity index (χ1n) is 6.01. The highest BCUT2D eigenvalue weighted by molar-refractivity contribution is 5.56. The molecule has 0 fully saturated rings. The number of fused-ring (bicyclic) bond motifs is 1. The summed E-state index contributed by atoms with van der Waals surface area (Å²) in [7, 11) is 0. The number of benzene rings is 1. The van der Waals surface area contributed by atoms with Crippen molar-refractivity contribution in [3.63, 3.8) is 0 Å². The maximum atomic E-state index is 5.70. The molecule has 0 bridgehead atoms. The number of ether oxygens (including phenoxy) is 2. The molecule has 4 nitrogen and oxygen atoms in total. The number of nitrogens with one attached hydrogen (secondary N) is 2. The third kappa shape index (κ3) is 2.14. The number of hydrogen-bond acceptors (Lipinski definition) is 3. The van der Waals surface area contributed by atoms with Crippen LogP contribution in [0.1, 0.15) is 19.5 Å². The minimum absolute atomic E-state index is 0.569. The number of hydrogen-bond donors (Lipinski definition) is 2. The molecule has 0 spiro atoms. The van der Waals surface area contributed by atoms with Crippen LogP contribution < -0.4 is 14.8 Å². The second-order valence-corrected chi connectivity index (χ2v) is 4.81. The number of H-pyrrole nitrogens is 1. The smallest absolute Gasteiger partial charge is 0.246 e. The first-order chi connectivity index (χ1) is 8.62. The highest BCUT2D eigenvalue weighted by Crippen LogP contribution is 2.40. The molecular formula is C14H16N2O2. The molecule has 2 heterocycles. The number of rotatable bonds is 3. The van der Waals surface area contributed by atoms with E-state index < -0.39 is 5.79 Å². The molecule has 3 rings (SSSR count). The number of aromatic amines is 1. The van der Waals surface area contributed by atoms with E-state index in [2.05, 4.69) is 10.3 Å². The van der Waals surface area contributed by atoms with Gasteiger partial charge in [-0.05, 0) is 24.3 Å². The van der Waals surface area contributed by atoms with Crippen molar-refractivity contribution in [1.29, 1.82) is 0 Å². The van der Waals surface area contributed by atoms with Gasteiger partial charge in [0.05, 0.1) is 6.54 Å². The Bertz CT molecular complexity index is 547. The highest BCUT2D eigenvalue weighted by atomic mass is 16.7. The van der Waals surface area contributed by atoms with Crippen molar-refractivity contribution in [3.05, 3.63) is 42.2 Å². The van der Waals surface area contributed by atoms with Gasteiger partial charge in [-0.3, -0.25) is 0 Å². The van der Waals surface area contributed by atoms with E-state index >= 15 is 0 Å². The fourth-order valence-corrected chi connectivity index (χ4v) is 2.01. The van der Waals surface area contributed by atoms with Crippen LogP contribution in [-0.4, -0.2) is 10.8 Å². The highest BCUT2D eigenvalue weighted by Gasteiger charge is 2.31. The van der Waals surface area contributed by atoms with Gasteiger partial charge in [-0.1, -0.05) is 0 Å². The molecule has 1 aromatic heterocycles. The Kier molecular flexibility index (Phi) is 2.44. The van der Waals surface area contributed by atoms with Crippen LogP contribution in [0.4, 0.5) is 5.69 Å². The van der Waals surface area contributed by atoms with Crippen LogP contribution >= 0.6 is 0 Å². The van der Waals surface area contributed by atoms with Crippen molar-refractivity contribution in [2.45, 2.75) is 26.2 Å². The lowest BCUT2D eigenvalue weighted by atomic mass is 10.2. The minimum Gasteiger partial charge on any atom is -0.449 e. The average molecular weight is 244 g/mol. The fourth-order valence-electron chi connectivity index (χ4n) is 2.01. The summed E-state index contributed by atoms with van der Waals surface area (Å²) in [6, 6.07) is 9.92. The molecule has 4 heteroatoms. The Morgan fingerprint density at radius 1 is 1.17 bits per heavy atom. The van der Waals surface area contributed by atoms with Gasteiger partial charge in [0.2, 0.25) is 5.79 Å². The summed E-state index contributed by atoms with van der Waals surface area (Å²) in [6.07, 6.45) is 1.92. The lowest BCUT2D eigenvalue weighted by Gasteiger charge is -2.16. The Labute approximate surface area is 106 Å². The monoisotopic (exact) mass is 244 g/mol. The zero-order valence-electron chi connectivity index (χ0n) is 10.5. The Morgan fingerprint density at radius 3 is 2.78 bits per heavy atom. The molecule has 0 atom stereocenters. The molecule has 94 valence electrons. The van der Waals surface area contributed by atoms with Gasteiger partial charge in [0.15, 0.2) is 11.5 Å². The summed E-state index contributed by atoms with van der Waals surface area (Å²) in [6.45, 7) is 4.56. The van der Waals surface area contributed by atoms with Crippen LogP contribution in [0.3, 0.4) is 0 Å². The average Bonchev–Trinajstić information content (AvgIpc) is 2.90. The molecule has 18 heavy (non-hydrogen) atoms. The summed E-state index contributed by atoms with van der Waals surface area (Å²) < 4.78 is 11.3. The summed E-state index contributed by atoms with van der Waals surface area (Å²) in [5, 5.41) is 3.34. The molecule has 0 saturated carbocycles. The Hall–Kier alpha value is -2.10. The second-order valence-electron chi connectivity index (χ2n) is 4.81. The largest absolute Gasteiger partial charge is 0.449 e. The van der Waals surface area contributed by atoms with Crippen molar-refractivity contribution in [1.82, 2.24) is 4.98 Å². The Balaban J connectivity index is 1.72. The maximum absolute atomic E-state index is 5.70. The molecule has 2 N–H and O–H groups in total. The van der Waals surface area contributed by atoms with E-state index in [1.54, 1.807) is 0 Å². The van der Waals surface area contributed by atoms with Crippen molar-refractivity contribution in [2.24, 2.45) is 0 Å². The van der Waals surface area contributed by atoms with Gasteiger partial charge < -0.3 is 19.8 Å².